The average molecular weight is 1680 g/mol. The first-order valence-corrected chi connectivity index (χ1v) is 47.0. The van der Waals surface area contributed by atoms with Crippen molar-refractivity contribution in [1.29, 1.82) is 0 Å². The number of anilines is 6. The largest absolute Gasteiger partial charge is 0.310 e. The molecular weight excluding hydrogens is 1540 g/mol. The summed E-state index contributed by atoms with van der Waals surface area (Å²) >= 11 is 0. The fourth-order valence-corrected chi connectivity index (χ4v) is 19.0. The number of nitrogens with zero attached hydrogens (tertiary/aromatic N) is 2. The Kier molecular flexibility index (Phi) is 23.6. The van der Waals surface area contributed by atoms with Crippen molar-refractivity contribution in [2.45, 2.75) is 274 Å². The van der Waals surface area contributed by atoms with Gasteiger partial charge in [0, 0.05) is 45.0 Å². The lowest BCUT2D eigenvalue weighted by Crippen LogP contribution is -2.20. The number of benzene rings is 14. The Balaban J connectivity index is 0.000000197. The summed E-state index contributed by atoms with van der Waals surface area (Å²) in [6, 6.07) is 114. The molecule has 0 amide bonds. The predicted octanol–water partition coefficient (Wildman–Crippen LogP) is 36.6. The van der Waals surface area contributed by atoms with Gasteiger partial charge in [-0.25, -0.2) is 0 Å². The van der Waals surface area contributed by atoms with Gasteiger partial charge in [-0.2, -0.15) is 0 Å². The highest BCUT2D eigenvalue weighted by Crippen LogP contribution is 2.55. The lowest BCUT2D eigenvalue weighted by atomic mass is 9.78. The lowest BCUT2D eigenvalue weighted by molar-refractivity contribution is 0.568. The molecule has 2 heteroatoms. The Morgan fingerprint density at radius 2 is 0.406 bits per heavy atom. The van der Waals surface area contributed by atoms with Crippen LogP contribution in [0.1, 0.15) is 287 Å². The van der Waals surface area contributed by atoms with E-state index in [1.807, 2.05) is 0 Å². The summed E-state index contributed by atoms with van der Waals surface area (Å²) in [4.78, 5) is 5.00. The van der Waals surface area contributed by atoms with Gasteiger partial charge in [0.15, 0.2) is 0 Å². The van der Waals surface area contributed by atoms with Crippen molar-refractivity contribution >= 4 is 34.1 Å². The third-order valence-electron chi connectivity index (χ3n) is 27.4. The topological polar surface area (TPSA) is 6.48 Å². The van der Waals surface area contributed by atoms with Gasteiger partial charge in [0.1, 0.15) is 0 Å². The Morgan fingerprint density at radius 3 is 0.750 bits per heavy atom. The van der Waals surface area contributed by atoms with Crippen molar-refractivity contribution in [2.24, 2.45) is 0 Å². The maximum atomic E-state index is 2.51. The lowest BCUT2D eigenvalue weighted by Gasteiger charge is -2.33. The SMILES string of the molecule is CC(C)(C)c1cc(-c2cccc(-c3cccc(N(c4cc(C(C)(C)C)cc(C(C)(C)C)c4)c4ccc5c(c4)C(C)(C)c4ccccc4-5)c3)c2)cc(-c2cc(C(C)(C)C)cc(C(C)(C)C)c2)c1.CC(C)(C)c1cc(-c2cccc(-c3cccc(N(c4ccc5c(c4)C(C)(C)c4ccccc4-5)c4ccccc4C(C)(C)C)c3)c2)cc(-c2cc(C(C)(C)C)cc(C(C)(C)C)c2)c1. The molecule has 0 saturated carbocycles. The van der Waals surface area contributed by atoms with Gasteiger partial charge in [-0.3, -0.25) is 0 Å². The molecule has 16 rings (SSSR count). The first-order chi connectivity index (χ1) is 59.6. The van der Waals surface area contributed by atoms with Crippen LogP contribution < -0.4 is 9.80 Å². The molecule has 656 valence electrons. The number of hydrogen-bond donors (Lipinski definition) is 0. The first-order valence-electron chi connectivity index (χ1n) is 47.0. The van der Waals surface area contributed by atoms with E-state index in [1.54, 1.807) is 0 Å². The van der Waals surface area contributed by atoms with Gasteiger partial charge in [0.25, 0.3) is 0 Å². The zero-order chi connectivity index (χ0) is 92.5. The van der Waals surface area contributed by atoms with Gasteiger partial charge in [-0.15, -0.1) is 0 Å². The third kappa shape index (κ3) is 18.7. The molecule has 14 aromatic carbocycles. The molecule has 0 bridgehead atoms. The second-order valence-electron chi connectivity index (χ2n) is 47.5. The van der Waals surface area contributed by atoms with E-state index in [0.29, 0.717) is 0 Å². The minimum Gasteiger partial charge on any atom is -0.310 e. The van der Waals surface area contributed by atoms with Crippen molar-refractivity contribution in [1.82, 2.24) is 0 Å². The van der Waals surface area contributed by atoms with Gasteiger partial charge in [-0.1, -0.05) is 421 Å². The Bertz CT molecular complexity index is 6450. The molecule has 14 aromatic rings. The standard InChI is InChI=1S/C65H75N.C61H67N/c1-60(2,3)48-32-45(31-46(33-48)47-34-49(61(4,5)6)37-50(35-47)62(7,8)9)43-23-20-22-42(30-43)44-24-21-25-53(36-44)66(55-39-51(63(10,11)12)38-52(40-55)64(13,14)15)54-28-29-57-56-26-18-19-27-58(56)65(16,17)59(57)41-54;1-57(2,3)46-33-43(32-44(34-46)45-35-47(58(4,5)6)38-48(36-45)59(7,8)9)41-22-19-21-40(31-41)42-23-20-24-49(37-42)62(56-28-18-17-27-54(56)60(10,11)12)50-29-30-52-51-25-15-16-26-53(51)61(13,14)55(52)39-50/h18-41H,1-17H3;15-39H,1-14H3. The number of rotatable bonds is 12. The van der Waals surface area contributed by atoms with Crippen LogP contribution in [0.25, 0.3) is 89.0 Å². The van der Waals surface area contributed by atoms with Gasteiger partial charge in [0.2, 0.25) is 0 Å². The Morgan fingerprint density at radius 1 is 0.164 bits per heavy atom. The summed E-state index contributed by atoms with van der Waals surface area (Å²) < 4.78 is 0. The number of para-hydroxylation sites is 1. The Labute approximate surface area is 771 Å². The molecule has 0 heterocycles. The summed E-state index contributed by atoms with van der Waals surface area (Å²) in [5.74, 6) is 0. The smallest absolute Gasteiger partial charge is 0.0498 e. The van der Waals surface area contributed by atoms with E-state index >= 15 is 0 Å². The van der Waals surface area contributed by atoms with Crippen molar-refractivity contribution < 1.29 is 0 Å². The van der Waals surface area contributed by atoms with Gasteiger partial charge in [-0.05, 0) is 301 Å². The molecular formula is C126H142N2. The van der Waals surface area contributed by atoms with Crippen LogP contribution in [-0.4, -0.2) is 0 Å². The van der Waals surface area contributed by atoms with Crippen molar-refractivity contribution in [2.75, 3.05) is 9.80 Å². The van der Waals surface area contributed by atoms with Crippen molar-refractivity contribution in [3.8, 4) is 89.0 Å². The van der Waals surface area contributed by atoms with Crippen LogP contribution in [0, 0.1) is 0 Å². The molecule has 0 radical (unpaired) electrons. The van der Waals surface area contributed by atoms with Crippen LogP contribution in [0.3, 0.4) is 0 Å². The first kappa shape index (κ1) is 91.4. The number of fused-ring (bicyclic) bond motifs is 6. The maximum absolute atomic E-state index is 2.51. The number of hydrogen-bond acceptors (Lipinski definition) is 2. The second kappa shape index (κ2) is 33.0. The van der Waals surface area contributed by atoms with Crippen LogP contribution in [0.5, 0.6) is 0 Å². The van der Waals surface area contributed by atoms with E-state index in [2.05, 4.69) is 522 Å². The predicted molar refractivity (Wildman–Crippen MR) is 558 cm³/mol. The molecule has 0 aromatic heterocycles. The Hall–Kier alpha value is -11.3. The molecule has 0 spiro atoms. The maximum Gasteiger partial charge on any atom is 0.0498 e. The minimum absolute atomic E-state index is 0.0203. The van der Waals surface area contributed by atoms with E-state index in [0.717, 1.165) is 11.4 Å². The molecule has 0 saturated heterocycles. The summed E-state index contributed by atoms with van der Waals surface area (Å²) in [5.41, 5.74) is 44.6. The van der Waals surface area contributed by atoms with Crippen LogP contribution in [0.2, 0.25) is 0 Å². The zero-order valence-electron chi connectivity index (χ0n) is 83.2. The van der Waals surface area contributed by atoms with Gasteiger partial charge in [0.05, 0.1) is 0 Å². The van der Waals surface area contributed by atoms with Crippen LogP contribution in [0.4, 0.5) is 34.1 Å². The molecule has 0 atom stereocenters. The minimum atomic E-state index is -0.117. The van der Waals surface area contributed by atoms with Crippen LogP contribution >= 0.6 is 0 Å². The van der Waals surface area contributed by atoms with Crippen LogP contribution in [0.15, 0.2) is 297 Å². The zero-order valence-corrected chi connectivity index (χ0v) is 83.2. The summed E-state index contributed by atoms with van der Waals surface area (Å²) in [7, 11) is 0. The molecule has 128 heavy (non-hydrogen) atoms. The quantitative estimate of drug-likeness (QED) is 0.120. The highest BCUT2D eigenvalue weighted by Gasteiger charge is 2.39. The molecule has 0 N–H and O–H groups in total. The fourth-order valence-electron chi connectivity index (χ4n) is 19.0. The van der Waals surface area contributed by atoms with Crippen LogP contribution in [-0.2, 0) is 59.6 Å². The van der Waals surface area contributed by atoms with E-state index in [9.17, 15) is 0 Å². The fraction of sp³-hybridized carbons (Fsp3) is 0.333. The highest BCUT2D eigenvalue weighted by atomic mass is 15.2. The van der Waals surface area contributed by atoms with E-state index in [4.69, 9.17) is 0 Å². The average Bonchev–Trinajstić information content (AvgIpc) is 1.57. The monoisotopic (exact) mass is 1680 g/mol. The van der Waals surface area contributed by atoms with Crippen molar-refractivity contribution in [3.05, 3.63) is 370 Å². The van der Waals surface area contributed by atoms with Gasteiger partial charge < -0.3 is 9.80 Å². The second-order valence-corrected chi connectivity index (χ2v) is 47.5. The van der Waals surface area contributed by atoms with Gasteiger partial charge >= 0.3 is 0 Å². The third-order valence-corrected chi connectivity index (χ3v) is 27.4. The van der Waals surface area contributed by atoms with E-state index in [1.165, 1.54) is 184 Å². The highest BCUT2D eigenvalue weighted by molar-refractivity contribution is 5.91. The normalized spacial score (nSPS) is 13.9. The van der Waals surface area contributed by atoms with E-state index in [-0.39, 0.29) is 59.6 Å². The van der Waals surface area contributed by atoms with E-state index < -0.39 is 0 Å². The molecule has 2 nitrogen and oxygen atoms in total. The molecule has 0 unspecified atom stereocenters. The summed E-state index contributed by atoms with van der Waals surface area (Å²) in [6.07, 6.45) is 0. The van der Waals surface area contributed by atoms with Crippen molar-refractivity contribution in [3.63, 3.8) is 0 Å². The summed E-state index contributed by atoms with van der Waals surface area (Å²) in [6.45, 7) is 72.3. The summed E-state index contributed by atoms with van der Waals surface area (Å²) in [5, 5.41) is 0. The molecule has 0 aliphatic heterocycles. The molecule has 0 fully saturated rings. The molecule has 2 aliphatic rings. The molecule has 2 aliphatic carbocycles.